The van der Waals surface area contributed by atoms with Gasteiger partial charge in [-0.25, -0.2) is 0 Å². The molecule has 0 spiro atoms. The smallest absolute Gasteiger partial charge is 0.0637 e. The van der Waals surface area contributed by atoms with Gasteiger partial charge in [0.05, 0.1) is 13.2 Å². The Morgan fingerprint density at radius 3 is 2.53 bits per heavy atom. The molecule has 0 bridgehead atoms. The normalized spacial score (nSPS) is 10.7. The Morgan fingerprint density at radius 2 is 1.84 bits per heavy atom. The maximum Gasteiger partial charge on any atom is 0.0637 e. The Bertz CT molecular complexity index is 345. The lowest BCUT2D eigenvalue weighted by atomic mass is 10.1. The summed E-state index contributed by atoms with van der Waals surface area (Å²) in [6.45, 7) is 7.30. The fraction of sp³-hybridized carbons (Fsp3) is 0.600. The Hall–Kier alpha value is -1.10. The third-order valence-corrected chi connectivity index (χ3v) is 3.08. The van der Waals surface area contributed by atoms with Crippen LogP contribution in [-0.2, 0) is 16.0 Å². The molecule has 0 aliphatic rings. The number of benzene rings is 1. The molecule has 0 aliphatic carbocycles. The van der Waals surface area contributed by atoms with E-state index in [1.165, 1.54) is 11.3 Å². The monoisotopic (exact) mass is 266 g/mol. The van der Waals surface area contributed by atoms with Crippen molar-refractivity contribution in [1.29, 1.82) is 0 Å². The van der Waals surface area contributed by atoms with E-state index in [4.69, 9.17) is 9.47 Å². The molecule has 0 saturated carbocycles. The predicted molar refractivity (Wildman–Crippen MR) is 79.8 cm³/mol. The van der Waals surface area contributed by atoms with Crippen molar-refractivity contribution in [2.24, 2.45) is 0 Å². The molecule has 4 nitrogen and oxygen atoms in total. The van der Waals surface area contributed by atoms with Crippen molar-refractivity contribution in [1.82, 2.24) is 5.32 Å². The average molecular weight is 266 g/mol. The summed E-state index contributed by atoms with van der Waals surface area (Å²) in [5, 5.41) is 3.40. The molecule has 0 radical (unpaired) electrons. The third kappa shape index (κ3) is 5.59. The number of anilines is 1. The fourth-order valence-corrected chi connectivity index (χ4v) is 2.02. The van der Waals surface area contributed by atoms with Gasteiger partial charge in [-0.1, -0.05) is 18.2 Å². The van der Waals surface area contributed by atoms with E-state index >= 15 is 0 Å². The van der Waals surface area contributed by atoms with E-state index in [1.54, 1.807) is 14.2 Å². The van der Waals surface area contributed by atoms with Crippen LogP contribution in [0.3, 0.4) is 0 Å². The lowest BCUT2D eigenvalue weighted by molar-refractivity contribution is 0.199. The first-order valence-corrected chi connectivity index (χ1v) is 6.85. The maximum absolute atomic E-state index is 5.17. The minimum Gasteiger partial charge on any atom is -0.383 e. The van der Waals surface area contributed by atoms with Crippen molar-refractivity contribution in [3.8, 4) is 0 Å². The van der Waals surface area contributed by atoms with Crippen LogP contribution in [0.2, 0.25) is 0 Å². The summed E-state index contributed by atoms with van der Waals surface area (Å²) in [6.07, 6.45) is 0. The second-order valence-electron chi connectivity index (χ2n) is 4.37. The lowest BCUT2D eigenvalue weighted by Gasteiger charge is -2.25. The van der Waals surface area contributed by atoms with Gasteiger partial charge in [0.15, 0.2) is 0 Å². The first-order valence-electron chi connectivity index (χ1n) is 6.85. The summed E-state index contributed by atoms with van der Waals surface area (Å²) in [5.74, 6) is 0. The first-order chi connectivity index (χ1) is 9.33. The molecule has 0 amide bonds. The van der Waals surface area contributed by atoms with Crippen LogP contribution in [0, 0.1) is 0 Å². The highest BCUT2D eigenvalue weighted by atomic mass is 16.5. The largest absolute Gasteiger partial charge is 0.383 e. The van der Waals surface area contributed by atoms with Gasteiger partial charge in [-0.3, -0.25) is 0 Å². The Kier molecular flexibility index (Phi) is 8.21. The Labute approximate surface area is 116 Å². The SMILES string of the molecule is CCN(CCOC)c1ccccc1CNCCOC. The lowest BCUT2D eigenvalue weighted by Crippen LogP contribution is -2.29. The number of rotatable bonds is 10. The van der Waals surface area contributed by atoms with Crippen molar-refractivity contribution in [3.63, 3.8) is 0 Å². The van der Waals surface area contributed by atoms with Gasteiger partial charge < -0.3 is 19.7 Å². The van der Waals surface area contributed by atoms with Gasteiger partial charge in [0.25, 0.3) is 0 Å². The highest BCUT2D eigenvalue weighted by molar-refractivity contribution is 5.53. The third-order valence-electron chi connectivity index (χ3n) is 3.08. The summed E-state index contributed by atoms with van der Waals surface area (Å²) in [4.78, 5) is 2.34. The topological polar surface area (TPSA) is 33.7 Å². The van der Waals surface area contributed by atoms with Crippen molar-refractivity contribution >= 4 is 5.69 Å². The molecule has 108 valence electrons. The molecule has 1 N–H and O–H groups in total. The van der Waals surface area contributed by atoms with Gasteiger partial charge in [0.2, 0.25) is 0 Å². The van der Waals surface area contributed by atoms with Crippen molar-refractivity contribution in [3.05, 3.63) is 29.8 Å². The van der Waals surface area contributed by atoms with E-state index in [1.807, 2.05) is 0 Å². The van der Waals surface area contributed by atoms with Crippen LogP contribution >= 0.6 is 0 Å². The van der Waals surface area contributed by atoms with Crippen LogP contribution in [0.5, 0.6) is 0 Å². The number of likely N-dealkylation sites (N-methyl/N-ethyl adjacent to an activating group) is 1. The van der Waals surface area contributed by atoms with E-state index < -0.39 is 0 Å². The first kappa shape index (κ1) is 16.0. The van der Waals surface area contributed by atoms with E-state index in [9.17, 15) is 0 Å². The summed E-state index contributed by atoms with van der Waals surface area (Å²) in [7, 11) is 3.46. The van der Waals surface area contributed by atoms with Gasteiger partial charge in [0, 0.05) is 46.1 Å². The van der Waals surface area contributed by atoms with E-state index in [0.29, 0.717) is 0 Å². The minimum atomic E-state index is 0.739. The van der Waals surface area contributed by atoms with Crippen LogP contribution in [0.25, 0.3) is 0 Å². The van der Waals surface area contributed by atoms with E-state index in [2.05, 4.69) is 41.4 Å². The van der Waals surface area contributed by atoms with Crippen LogP contribution in [0.1, 0.15) is 12.5 Å². The van der Waals surface area contributed by atoms with Crippen LogP contribution in [0.15, 0.2) is 24.3 Å². The zero-order chi connectivity index (χ0) is 13.9. The molecule has 4 heteroatoms. The zero-order valence-corrected chi connectivity index (χ0v) is 12.3. The summed E-state index contributed by atoms with van der Waals surface area (Å²) in [6, 6.07) is 8.52. The van der Waals surface area contributed by atoms with Crippen LogP contribution in [0.4, 0.5) is 5.69 Å². The number of para-hydroxylation sites is 1. The zero-order valence-electron chi connectivity index (χ0n) is 12.3. The highest BCUT2D eigenvalue weighted by Gasteiger charge is 2.08. The van der Waals surface area contributed by atoms with Crippen molar-refractivity contribution < 1.29 is 9.47 Å². The molecule has 1 aromatic carbocycles. The molecule has 0 aromatic heterocycles. The molecular formula is C15H26N2O2. The molecule has 19 heavy (non-hydrogen) atoms. The van der Waals surface area contributed by atoms with Gasteiger partial charge in [0.1, 0.15) is 0 Å². The molecule has 0 fully saturated rings. The van der Waals surface area contributed by atoms with Crippen molar-refractivity contribution in [2.75, 3.05) is 52.0 Å². The van der Waals surface area contributed by atoms with E-state index in [-0.39, 0.29) is 0 Å². The van der Waals surface area contributed by atoms with Crippen LogP contribution < -0.4 is 10.2 Å². The van der Waals surface area contributed by atoms with Crippen molar-refractivity contribution in [2.45, 2.75) is 13.5 Å². The van der Waals surface area contributed by atoms with E-state index in [0.717, 1.165) is 39.4 Å². The minimum absolute atomic E-state index is 0.739. The van der Waals surface area contributed by atoms with Crippen LogP contribution in [-0.4, -0.2) is 47.1 Å². The Morgan fingerprint density at radius 1 is 1.11 bits per heavy atom. The highest BCUT2D eigenvalue weighted by Crippen LogP contribution is 2.19. The van der Waals surface area contributed by atoms with Gasteiger partial charge in [-0.05, 0) is 18.6 Å². The number of hydrogen-bond donors (Lipinski definition) is 1. The average Bonchev–Trinajstić information content (AvgIpc) is 2.45. The maximum atomic E-state index is 5.17. The number of methoxy groups -OCH3 is 2. The molecular weight excluding hydrogens is 240 g/mol. The summed E-state index contributed by atoms with van der Waals surface area (Å²) in [5.41, 5.74) is 2.60. The molecule has 0 atom stereocenters. The fourth-order valence-electron chi connectivity index (χ4n) is 2.02. The Balaban J connectivity index is 2.64. The summed E-state index contributed by atoms with van der Waals surface area (Å²) >= 11 is 0. The second kappa shape index (κ2) is 9.78. The number of nitrogens with one attached hydrogen (secondary N) is 1. The number of nitrogens with zero attached hydrogens (tertiary/aromatic N) is 1. The molecule has 0 saturated heterocycles. The van der Waals surface area contributed by atoms with Gasteiger partial charge in [-0.2, -0.15) is 0 Å². The quantitative estimate of drug-likeness (QED) is 0.656. The molecule has 0 aliphatic heterocycles. The molecule has 1 rings (SSSR count). The van der Waals surface area contributed by atoms with Gasteiger partial charge in [-0.15, -0.1) is 0 Å². The standard InChI is InChI=1S/C15H26N2O2/c1-4-17(10-12-19-3)15-8-6-5-7-14(15)13-16-9-11-18-2/h5-8,16H,4,9-13H2,1-3H3. The number of ether oxygens (including phenoxy) is 2. The van der Waals surface area contributed by atoms with Gasteiger partial charge >= 0.3 is 0 Å². The molecule has 0 heterocycles. The molecule has 0 unspecified atom stereocenters. The number of hydrogen-bond acceptors (Lipinski definition) is 4. The second-order valence-corrected chi connectivity index (χ2v) is 4.37. The predicted octanol–water partition coefficient (Wildman–Crippen LogP) is 1.90. The summed E-state index contributed by atoms with van der Waals surface area (Å²) < 4.78 is 10.2. The molecule has 1 aromatic rings.